The van der Waals surface area contributed by atoms with Crippen LogP contribution in [0, 0.1) is 6.92 Å². The molecule has 1 amide bonds. The Balaban J connectivity index is 1.52. The minimum Gasteiger partial charge on any atom is -0.341 e. The highest BCUT2D eigenvalue weighted by molar-refractivity contribution is 5.90. The SMILES string of the molecule is Cc1nc(C(=O)N[C@@H](C)c2cn(-c3ccccc3)nn2)nn1-c1ccccc1C(C)C. The lowest BCUT2D eigenvalue weighted by atomic mass is 10.0. The van der Waals surface area contributed by atoms with Gasteiger partial charge in [0, 0.05) is 0 Å². The first-order valence-corrected chi connectivity index (χ1v) is 10.3. The first kappa shape index (κ1) is 20.5. The molecule has 0 aliphatic carbocycles. The maximum atomic E-state index is 12.8. The average Bonchev–Trinajstić information content (AvgIpc) is 3.41. The normalized spacial score (nSPS) is 12.2. The molecule has 8 heteroatoms. The van der Waals surface area contributed by atoms with E-state index < -0.39 is 0 Å². The minimum atomic E-state index is -0.356. The molecule has 2 aromatic heterocycles. The molecule has 0 radical (unpaired) electrons. The molecule has 0 saturated carbocycles. The molecule has 0 spiro atoms. The van der Waals surface area contributed by atoms with Crippen molar-refractivity contribution in [2.24, 2.45) is 0 Å². The largest absolute Gasteiger partial charge is 0.341 e. The van der Waals surface area contributed by atoms with Crippen molar-refractivity contribution in [2.45, 2.75) is 39.7 Å². The third-order valence-electron chi connectivity index (χ3n) is 5.08. The zero-order chi connectivity index (χ0) is 22.0. The van der Waals surface area contributed by atoms with E-state index in [0.29, 0.717) is 17.4 Å². The van der Waals surface area contributed by atoms with Crippen LogP contribution in [0.3, 0.4) is 0 Å². The Morgan fingerprint density at radius 2 is 1.71 bits per heavy atom. The fourth-order valence-corrected chi connectivity index (χ4v) is 3.40. The van der Waals surface area contributed by atoms with Crippen LogP contribution >= 0.6 is 0 Å². The van der Waals surface area contributed by atoms with Gasteiger partial charge < -0.3 is 5.32 Å². The highest BCUT2D eigenvalue weighted by Crippen LogP contribution is 2.23. The second-order valence-corrected chi connectivity index (χ2v) is 7.73. The molecule has 2 aromatic carbocycles. The fourth-order valence-electron chi connectivity index (χ4n) is 3.40. The summed E-state index contributed by atoms with van der Waals surface area (Å²) in [6.07, 6.45) is 1.80. The number of aryl methyl sites for hydroxylation is 1. The van der Waals surface area contributed by atoms with E-state index in [2.05, 4.69) is 45.6 Å². The van der Waals surface area contributed by atoms with Gasteiger partial charge in [0.15, 0.2) is 0 Å². The van der Waals surface area contributed by atoms with Crippen LogP contribution in [0.4, 0.5) is 0 Å². The molecule has 1 atom stereocenters. The summed E-state index contributed by atoms with van der Waals surface area (Å²) in [4.78, 5) is 17.2. The number of carbonyl (C=O) groups is 1. The molecular formula is C23H25N7O. The van der Waals surface area contributed by atoms with Crippen LogP contribution in [0.15, 0.2) is 60.8 Å². The third-order valence-corrected chi connectivity index (χ3v) is 5.08. The maximum Gasteiger partial charge on any atom is 0.291 e. The van der Waals surface area contributed by atoms with Crippen molar-refractivity contribution in [2.75, 3.05) is 0 Å². The van der Waals surface area contributed by atoms with Gasteiger partial charge in [0.1, 0.15) is 11.5 Å². The molecule has 2 heterocycles. The molecule has 0 unspecified atom stereocenters. The summed E-state index contributed by atoms with van der Waals surface area (Å²) in [6, 6.07) is 17.4. The lowest BCUT2D eigenvalue weighted by molar-refractivity contribution is 0.0928. The topological polar surface area (TPSA) is 90.5 Å². The Labute approximate surface area is 180 Å². The second kappa shape index (κ2) is 8.51. The molecule has 0 bridgehead atoms. The number of hydrogen-bond donors (Lipinski definition) is 1. The molecule has 8 nitrogen and oxygen atoms in total. The third kappa shape index (κ3) is 4.23. The summed E-state index contributed by atoms with van der Waals surface area (Å²) < 4.78 is 3.40. The van der Waals surface area contributed by atoms with Gasteiger partial charge in [-0.25, -0.2) is 14.3 Å². The number of para-hydroxylation sites is 2. The van der Waals surface area contributed by atoms with Crippen LogP contribution < -0.4 is 5.32 Å². The van der Waals surface area contributed by atoms with Gasteiger partial charge in [-0.3, -0.25) is 4.79 Å². The Morgan fingerprint density at radius 3 is 2.45 bits per heavy atom. The maximum absolute atomic E-state index is 12.8. The van der Waals surface area contributed by atoms with Crippen LogP contribution in [0.5, 0.6) is 0 Å². The number of amides is 1. The lowest BCUT2D eigenvalue weighted by Gasteiger charge is -2.13. The van der Waals surface area contributed by atoms with Crippen molar-refractivity contribution in [1.29, 1.82) is 0 Å². The van der Waals surface area contributed by atoms with Gasteiger partial charge in [0.05, 0.1) is 23.6 Å². The summed E-state index contributed by atoms with van der Waals surface area (Å²) in [5.74, 6) is 0.745. The zero-order valence-corrected chi connectivity index (χ0v) is 18.0. The summed E-state index contributed by atoms with van der Waals surface area (Å²) in [5.41, 5.74) is 3.63. The molecular weight excluding hydrogens is 390 g/mol. The van der Waals surface area contributed by atoms with Crippen molar-refractivity contribution in [3.05, 3.63) is 83.7 Å². The van der Waals surface area contributed by atoms with Gasteiger partial charge in [-0.2, -0.15) is 0 Å². The summed E-state index contributed by atoms with van der Waals surface area (Å²) in [5, 5.41) is 15.7. The van der Waals surface area contributed by atoms with E-state index in [-0.39, 0.29) is 17.8 Å². The summed E-state index contributed by atoms with van der Waals surface area (Å²) >= 11 is 0. The molecule has 4 aromatic rings. The van der Waals surface area contributed by atoms with Gasteiger partial charge in [-0.1, -0.05) is 55.5 Å². The molecule has 0 saturated heterocycles. The average molecular weight is 416 g/mol. The van der Waals surface area contributed by atoms with E-state index in [1.54, 1.807) is 15.6 Å². The van der Waals surface area contributed by atoms with E-state index in [9.17, 15) is 4.79 Å². The predicted molar refractivity (Wildman–Crippen MR) is 117 cm³/mol. The van der Waals surface area contributed by atoms with Crippen molar-refractivity contribution in [3.8, 4) is 11.4 Å². The lowest BCUT2D eigenvalue weighted by Crippen LogP contribution is -2.28. The number of aromatic nitrogens is 6. The quantitative estimate of drug-likeness (QED) is 0.518. The second-order valence-electron chi connectivity index (χ2n) is 7.73. The zero-order valence-electron chi connectivity index (χ0n) is 18.0. The Hall–Kier alpha value is -3.81. The molecule has 1 N–H and O–H groups in total. The molecule has 158 valence electrons. The van der Waals surface area contributed by atoms with Crippen molar-refractivity contribution in [3.63, 3.8) is 0 Å². The number of rotatable bonds is 6. The van der Waals surface area contributed by atoms with E-state index in [0.717, 1.165) is 16.9 Å². The Kier molecular flexibility index (Phi) is 5.62. The van der Waals surface area contributed by atoms with Gasteiger partial charge >= 0.3 is 0 Å². The first-order valence-electron chi connectivity index (χ1n) is 10.3. The summed E-state index contributed by atoms with van der Waals surface area (Å²) in [6.45, 7) is 7.96. The summed E-state index contributed by atoms with van der Waals surface area (Å²) in [7, 11) is 0. The minimum absolute atomic E-state index is 0.123. The number of nitrogens with zero attached hydrogens (tertiary/aromatic N) is 6. The Bertz CT molecular complexity index is 1190. The number of hydrogen-bond acceptors (Lipinski definition) is 5. The van der Waals surface area contributed by atoms with Crippen LogP contribution in [-0.4, -0.2) is 35.7 Å². The first-order chi connectivity index (χ1) is 14.9. The van der Waals surface area contributed by atoms with E-state index >= 15 is 0 Å². The highest BCUT2D eigenvalue weighted by atomic mass is 16.2. The van der Waals surface area contributed by atoms with Crippen molar-refractivity contribution >= 4 is 5.91 Å². The molecule has 31 heavy (non-hydrogen) atoms. The highest BCUT2D eigenvalue weighted by Gasteiger charge is 2.20. The molecule has 0 aliphatic heterocycles. The van der Waals surface area contributed by atoms with Crippen molar-refractivity contribution in [1.82, 2.24) is 35.1 Å². The Morgan fingerprint density at radius 1 is 1.00 bits per heavy atom. The van der Waals surface area contributed by atoms with Gasteiger partial charge in [0.25, 0.3) is 5.91 Å². The molecule has 0 fully saturated rings. The number of nitrogens with one attached hydrogen (secondary N) is 1. The van der Waals surface area contributed by atoms with E-state index in [1.165, 1.54) is 0 Å². The number of carbonyl (C=O) groups excluding carboxylic acids is 1. The fraction of sp³-hybridized carbons (Fsp3) is 0.261. The molecule has 0 aliphatic rings. The standard InChI is InChI=1S/C23H25N7O/c1-15(2)19-12-8-9-13-21(19)30-17(4)25-22(27-30)23(31)24-16(3)20-14-29(28-26-20)18-10-6-5-7-11-18/h5-16H,1-4H3,(H,24,31)/t16-/m0/s1. The smallest absolute Gasteiger partial charge is 0.291 e. The van der Waals surface area contributed by atoms with E-state index in [4.69, 9.17) is 0 Å². The van der Waals surface area contributed by atoms with Crippen LogP contribution in [0.2, 0.25) is 0 Å². The van der Waals surface area contributed by atoms with Crippen LogP contribution in [0.25, 0.3) is 11.4 Å². The van der Waals surface area contributed by atoms with Gasteiger partial charge in [-0.05, 0) is 43.5 Å². The van der Waals surface area contributed by atoms with Crippen LogP contribution in [0.1, 0.15) is 60.4 Å². The van der Waals surface area contributed by atoms with E-state index in [1.807, 2.05) is 62.4 Å². The monoisotopic (exact) mass is 415 g/mol. The number of benzene rings is 2. The van der Waals surface area contributed by atoms with Crippen molar-refractivity contribution < 1.29 is 4.79 Å². The predicted octanol–water partition coefficient (Wildman–Crippen LogP) is 3.77. The van der Waals surface area contributed by atoms with Gasteiger partial charge in [0.2, 0.25) is 5.82 Å². The van der Waals surface area contributed by atoms with Gasteiger partial charge in [-0.15, -0.1) is 10.2 Å². The van der Waals surface area contributed by atoms with Crippen LogP contribution in [-0.2, 0) is 0 Å². The molecule has 4 rings (SSSR count).